The van der Waals surface area contributed by atoms with Gasteiger partial charge < -0.3 is 10.6 Å². The van der Waals surface area contributed by atoms with E-state index in [1.54, 1.807) is 12.1 Å². The minimum Gasteiger partial charge on any atom is -0.478 e. The predicted molar refractivity (Wildman–Crippen MR) is 42.0 cm³/mol. The summed E-state index contributed by atoms with van der Waals surface area (Å²) < 4.78 is 0. The first-order valence-electron chi connectivity index (χ1n) is 2.69. The van der Waals surface area contributed by atoms with Crippen molar-refractivity contribution >= 4 is 17.6 Å². The average Bonchev–Trinajstić information content (AvgIpc) is 1.88. The van der Waals surface area contributed by atoms with Gasteiger partial charge >= 0.3 is 5.97 Å². The fourth-order valence-corrected chi connectivity index (χ4v) is 0.812. The van der Waals surface area contributed by atoms with Gasteiger partial charge in [-0.1, -0.05) is 17.7 Å². The molecule has 0 fully saturated rings. The Morgan fingerprint density at radius 1 is 1.45 bits per heavy atom. The number of carboxylic acids is 1. The van der Waals surface area contributed by atoms with E-state index in [1.165, 1.54) is 12.1 Å². The third kappa shape index (κ3) is 2.57. The molecule has 1 aromatic carbocycles. The summed E-state index contributed by atoms with van der Waals surface area (Å²) in [5.74, 6) is -0.956. The van der Waals surface area contributed by atoms with Crippen LogP contribution in [0.5, 0.6) is 0 Å². The Morgan fingerprint density at radius 2 is 2.09 bits per heavy atom. The van der Waals surface area contributed by atoms with Crippen LogP contribution in [0.4, 0.5) is 0 Å². The number of benzene rings is 1. The zero-order valence-electron chi connectivity index (χ0n) is 5.54. The van der Waals surface area contributed by atoms with Crippen LogP contribution >= 0.6 is 11.6 Å². The zero-order valence-corrected chi connectivity index (χ0v) is 6.30. The Balaban J connectivity index is 0.000001000. The molecule has 0 unspecified atom stereocenters. The van der Waals surface area contributed by atoms with Crippen molar-refractivity contribution in [3.05, 3.63) is 34.9 Å². The summed E-state index contributed by atoms with van der Waals surface area (Å²) in [7, 11) is 0. The van der Waals surface area contributed by atoms with E-state index in [0.717, 1.165) is 0 Å². The summed E-state index contributed by atoms with van der Waals surface area (Å²) in [4.78, 5) is 10.3. The molecule has 4 heteroatoms. The Kier molecular flexibility index (Phi) is 3.57. The van der Waals surface area contributed by atoms with Gasteiger partial charge in [0.2, 0.25) is 0 Å². The first-order valence-corrected chi connectivity index (χ1v) is 3.07. The highest BCUT2D eigenvalue weighted by Gasteiger charge is 2.00. The van der Waals surface area contributed by atoms with Crippen LogP contribution < -0.4 is 0 Å². The largest absolute Gasteiger partial charge is 0.478 e. The Labute approximate surface area is 68.5 Å². The van der Waals surface area contributed by atoms with E-state index in [9.17, 15) is 4.79 Å². The molecule has 0 saturated carbocycles. The molecule has 0 radical (unpaired) electrons. The SMILES string of the molecule is O.O=C(O)c1cccc(Cl)c1. The molecule has 0 saturated heterocycles. The summed E-state index contributed by atoms with van der Waals surface area (Å²) in [6, 6.07) is 6.14. The van der Waals surface area contributed by atoms with Crippen molar-refractivity contribution in [1.82, 2.24) is 0 Å². The summed E-state index contributed by atoms with van der Waals surface area (Å²) in [5, 5.41) is 8.89. The molecule has 0 aliphatic carbocycles. The minimum atomic E-state index is -0.956. The topological polar surface area (TPSA) is 68.8 Å². The molecule has 0 spiro atoms. The summed E-state index contributed by atoms with van der Waals surface area (Å²) >= 11 is 5.53. The number of halogens is 1. The van der Waals surface area contributed by atoms with Gasteiger partial charge in [0.15, 0.2) is 0 Å². The third-order valence-corrected chi connectivity index (χ3v) is 1.31. The van der Waals surface area contributed by atoms with Crippen molar-refractivity contribution in [1.29, 1.82) is 0 Å². The van der Waals surface area contributed by atoms with Gasteiger partial charge in [-0.25, -0.2) is 4.79 Å². The lowest BCUT2D eigenvalue weighted by Gasteiger charge is -1.92. The molecule has 11 heavy (non-hydrogen) atoms. The smallest absolute Gasteiger partial charge is 0.335 e. The van der Waals surface area contributed by atoms with Gasteiger partial charge in [-0.05, 0) is 18.2 Å². The van der Waals surface area contributed by atoms with Crippen molar-refractivity contribution in [2.45, 2.75) is 0 Å². The lowest BCUT2D eigenvalue weighted by atomic mass is 10.2. The quantitative estimate of drug-likeness (QED) is 0.696. The van der Waals surface area contributed by atoms with E-state index in [-0.39, 0.29) is 11.0 Å². The minimum absolute atomic E-state index is 0. The molecule has 0 amide bonds. The highest BCUT2D eigenvalue weighted by atomic mass is 35.5. The number of hydrogen-bond donors (Lipinski definition) is 1. The van der Waals surface area contributed by atoms with Gasteiger partial charge in [-0.3, -0.25) is 0 Å². The van der Waals surface area contributed by atoms with E-state index < -0.39 is 5.97 Å². The number of aromatic carboxylic acids is 1. The Morgan fingerprint density at radius 3 is 2.45 bits per heavy atom. The molecule has 1 rings (SSSR count). The third-order valence-electron chi connectivity index (χ3n) is 1.07. The highest BCUT2D eigenvalue weighted by Crippen LogP contribution is 2.09. The second kappa shape index (κ2) is 3.95. The predicted octanol–water partition coefficient (Wildman–Crippen LogP) is 1.21. The van der Waals surface area contributed by atoms with Crippen LogP contribution in [-0.4, -0.2) is 16.6 Å². The van der Waals surface area contributed by atoms with Gasteiger partial charge in [-0.15, -0.1) is 0 Å². The molecule has 0 aliphatic rings. The fourth-order valence-electron chi connectivity index (χ4n) is 0.622. The standard InChI is InChI=1S/C7H5ClO2.H2O/c8-6-3-1-2-5(4-6)7(9)10;/h1-4H,(H,9,10);1H2. The first kappa shape index (κ1) is 9.94. The molecule has 0 aliphatic heterocycles. The van der Waals surface area contributed by atoms with E-state index in [0.29, 0.717) is 5.02 Å². The lowest BCUT2D eigenvalue weighted by molar-refractivity contribution is 0.0697. The molecular weight excluding hydrogens is 168 g/mol. The van der Waals surface area contributed by atoms with Crippen LogP contribution in [0.2, 0.25) is 5.02 Å². The van der Waals surface area contributed by atoms with Crippen molar-refractivity contribution in [2.24, 2.45) is 0 Å². The maximum absolute atomic E-state index is 10.3. The maximum atomic E-state index is 10.3. The molecule has 0 atom stereocenters. The Hall–Kier alpha value is -1.06. The molecule has 3 nitrogen and oxygen atoms in total. The summed E-state index contributed by atoms with van der Waals surface area (Å²) in [6.45, 7) is 0. The molecule has 3 N–H and O–H groups in total. The van der Waals surface area contributed by atoms with E-state index in [2.05, 4.69) is 0 Å². The van der Waals surface area contributed by atoms with Crippen LogP contribution in [0, 0.1) is 0 Å². The van der Waals surface area contributed by atoms with Gasteiger partial charge in [-0.2, -0.15) is 0 Å². The number of rotatable bonds is 1. The van der Waals surface area contributed by atoms with Crippen LogP contribution in [0.3, 0.4) is 0 Å². The molecular formula is C7H7ClO3. The molecule has 0 bridgehead atoms. The molecule has 0 heterocycles. The van der Waals surface area contributed by atoms with Crippen molar-refractivity contribution in [3.8, 4) is 0 Å². The van der Waals surface area contributed by atoms with Crippen LogP contribution in [0.1, 0.15) is 10.4 Å². The van der Waals surface area contributed by atoms with Gasteiger partial charge in [0.25, 0.3) is 0 Å². The van der Waals surface area contributed by atoms with Crippen molar-refractivity contribution < 1.29 is 15.4 Å². The second-order valence-electron chi connectivity index (χ2n) is 1.82. The first-order chi connectivity index (χ1) is 4.70. The number of carboxylic acid groups (broad SMARTS) is 1. The lowest BCUT2D eigenvalue weighted by Crippen LogP contribution is -1.94. The molecule has 60 valence electrons. The van der Waals surface area contributed by atoms with Gasteiger partial charge in [0, 0.05) is 5.02 Å². The van der Waals surface area contributed by atoms with Crippen LogP contribution in [0.25, 0.3) is 0 Å². The maximum Gasteiger partial charge on any atom is 0.335 e. The number of hydrogen-bond acceptors (Lipinski definition) is 1. The number of carbonyl (C=O) groups is 1. The summed E-state index contributed by atoms with van der Waals surface area (Å²) in [6.07, 6.45) is 0. The molecule has 1 aromatic rings. The van der Waals surface area contributed by atoms with E-state index in [1.807, 2.05) is 0 Å². The van der Waals surface area contributed by atoms with Crippen LogP contribution in [-0.2, 0) is 0 Å². The highest BCUT2D eigenvalue weighted by molar-refractivity contribution is 6.30. The van der Waals surface area contributed by atoms with Crippen LogP contribution in [0.15, 0.2) is 24.3 Å². The molecule has 0 aromatic heterocycles. The average molecular weight is 175 g/mol. The van der Waals surface area contributed by atoms with E-state index >= 15 is 0 Å². The van der Waals surface area contributed by atoms with E-state index in [4.69, 9.17) is 16.7 Å². The van der Waals surface area contributed by atoms with Crippen molar-refractivity contribution in [2.75, 3.05) is 0 Å². The fraction of sp³-hybridized carbons (Fsp3) is 0. The van der Waals surface area contributed by atoms with Gasteiger partial charge in [0.05, 0.1) is 5.56 Å². The second-order valence-corrected chi connectivity index (χ2v) is 2.25. The zero-order chi connectivity index (χ0) is 7.56. The van der Waals surface area contributed by atoms with Crippen molar-refractivity contribution in [3.63, 3.8) is 0 Å². The normalized spacial score (nSPS) is 8.45. The monoisotopic (exact) mass is 174 g/mol. The summed E-state index contributed by atoms with van der Waals surface area (Å²) in [5.41, 5.74) is 0.215. The van der Waals surface area contributed by atoms with Gasteiger partial charge in [0.1, 0.15) is 0 Å². The Bertz CT molecular complexity index is 260.